The molecule has 25 heavy (non-hydrogen) atoms. The van der Waals surface area contributed by atoms with E-state index < -0.39 is 0 Å². The zero-order chi connectivity index (χ0) is 17.3. The Bertz CT molecular complexity index is 499. The van der Waals surface area contributed by atoms with Gasteiger partial charge in [-0.05, 0) is 44.6 Å². The molecule has 0 aliphatic carbocycles. The van der Waals surface area contributed by atoms with Gasteiger partial charge in [-0.15, -0.1) is 0 Å². The zero-order valence-electron chi connectivity index (χ0n) is 15.6. The van der Waals surface area contributed by atoms with Crippen LogP contribution < -0.4 is 15.0 Å². The number of pyridine rings is 1. The minimum Gasteiger partial charge on any atom is -0.490 e. The Balaban J connectivity index is 1.38. The van der Waals surface area contributed by atoms with Gasteiger partial charge in [0, 0.05) is 38.4 Å². The van der Waals surface area contributed by atoms with Gasteiger partial charge in [0.05, 0.1) is 18.1 Å². The van der Waals surface area contributed by atoms with E-state index in [1.807, 2.05) is 12.4 Å². The molecule has 2 aliphatic heterocycles. The number of nitrogens with one attached hydrogen (secondary N) is 1. The molecule has 2 saturated heterocycles. The Morgan fingerprint density at radius 3 is 2.76 bits per heavy atom. The van der Waals surface area contributed by atoms with Gasteiger partial charge in [-0.3, -0.25) is 4.98 Å². The third kappa shape index (κ3) is 5.86. The normalized spacial score (nSPS) is 21.2. The fourth-order valence-corrected chi connectivity index (χ4v) is 3.43. The maximum atomic E-state index is 5.88. The van der Waals surface area contributed by atoms with Crippen LogP contribution in [0.4, 0.5) is 5.69 Å². The molecule has 0 radical (unpaired) electrons. The Hall–Kier alpha value is -1.33. The van der Waals surface area contributed by atoms with E-state index in [1.165, 1.54) is 44.2 Å². The number of rotatable bonds is 10. The van der Waals surface area contributed by atoms with E-state index >= 15 is 0 Å². The largest absolute Gasteiger partial charge is 0.490 e. The van der Waals surface area contributed by atoms with Crippen LogP contribution in [-0.4, -0.2) is 50.5 Å². The number of unbranched alkanes of at least 4 members (excludes halogenated alkanes) is 1. The monoisotopic (exact) mass is 347 g/mol. The molecule has 3 rings (SSSR count). The lowest BCUT2D eigenvalue weighted by atomic mass is 9.94. The van der Waals surface area contributed by atoms with Crippen LogP contribution in [0.2, 0.25) is 0 Å². The first kappa shape index (κ1) is 18.5. The number of hydrogen-bond donors (Lipinski definition) is 1. The van der Waals surface area contributed by atoms with E-state index in [4.69, 9.17) is 9.47 Å². The van der Waals surface area contributed by atoms with Crippen molar-refractivity contribution in [2.75, 3.05) is 44.4 Å². The van der Waals surface area contributed by atoms with Gasteiger partial charge in [-0.25, -0.2) is 0 Å². The van der Waals surface area contributed by atoms with E-state index in [9.17, 15) is 0 Å². The van der Waals surface area contributed by atoms with Crippen molar-refractivity contribution in [3.8, 4) is 5.75 Å². The maximum absolute atomic E-state index is 5.88. The second-order valence-electron chi connectivity index (χ2n) is 7.31. The lowest BCUT2D eigenvalue weighted by molar-refractivity contribution is 0.113. The molecule has 0 unspecified atom stereocenters. The highest BCUT2D eigenvalue weighted by atomic mass is 16.5. The second-order valence-corrected chi connectivity index (χ2v) is 7.31. The van der Waals surface area contributed by atoms with Crippen molar-refractivity contribution in [2.45, 2.75) is 51.5 Å². The molecule has 1 atom stereocenters. The molecule has 140 valence electrons. The minimum atomic E-state index is 0.513. The third-order valence-electron chi connectivity index (χ3n) is 5.37. The van der Waals surface area contributed by atoms with E-state index in [0.717, 1.165) is 51.1 Å². The van der Waals surface area contributed by atoms with Gasteiger partial charge in [-0.2, -0.15) is 0 Å². The maximum Gasteiger partial charge on any atom is 0.139 e. The number of piperidine rings is 1. The summed E-state index contributed by atoms with van der Waals surface area (Å²) in [5.41, 5.74) is 1.19. The van der Waals surface area contributed by atoms with Gasteiger partial charge in [0.25, 0.3) is 0 Å². The summed E-state index contributed by atoms with van der Waals surface area (Å²) >= 11 is 0. The van der Waals surface area contributed by atoms with E-state index in [-0.39, 0.29) is 0 Å². The Morgan fingerprint density at radius 1 is 1.20 bits per heavy atom. The third-order valence-corrected chi connectivity index (χ3v) is 5.37. The predicted octanol–water partition coefficient (Wildman–Crippen LogP) is 3.25. The SMILES string of the molecule is CCCCOCCC1CCN(c2cncc(OC[C@H]3CCN3)c2)CC1. The van der Waals surface area contributed by atoms with E-state index in [2.05, 4.69) is 28.2 Å². The summed E-state index contributed by atoms with van der Waals surface area (Å²) in [5, 5.41) is 3.36. The second kappa shape index (κ2) is 9.97. The molecule has 0 bridgehead atoms. The zero-order valence-corrected chi connectivity index (χ0v) is 15.6. The Kier molecular flexibility index (Phi) is 7.37. The molecule has 5 heteroatoms. The molecular weight excluding hydrogens is 314 g/mol. The predicted molar refractivity (Wildman–Crippen MR) is 101 cm³/mol. The van der Waals surface area contributed by atoms with Crippen LogP contribution in [0.3, 0.4) is 0 Å². The van der Waals surface area contributed by atoms with Gasteiger partial charge in [-0.1, -0.05) is 13.3 Å². The number of hydrogen-bond acceptors (Lipinski definition) is 5. The molecule has 2 fully saturated rings. The molecule has 2 aliphatic rings. The van der Waals surface area contributed by atoms with Crippen LogP contribution in [0, 0.1) is 5.92 Å². The number of nitrogens with zero attached hydrogens (tertiary/aromatic N) is 2. The van der Waals surface area contributed by atoms with Crippen LogP contribution in [0.5, 0.6) is 5.75 Å². The Labute approximate surface area is 152 Å². The van der Waals surface area contributed by atoms with Gasteiger partial charge in [0.2, 0.25) is 0 Å². The highest BCUT2D eigenvalue weighted by Crippen LogP contribution is 2.27. The van der Waals surface area contributed by atoms with Crippen LogP contribution in [0.15, 0.2) is 18.5 Å². The number of ether oxygens (including phenoxy) is 2. The van der Waals surface area contributed by atoms with Crippen LogP contribution in [0.25, 0.3) is 0 Å². The number of aromatic nitrogens is 1. The molecular formula is C20H33N3O2. The molecule has 0 spiro atoms. The van der Waals surface area contributed by atoms with Crippen LogP contribution >= 0.6 is 0 Å². The number of anilines is 1. The molecule has 0 saturated carbocycles. The first-order valence-electron chi connectivity index (χ1n) is 9.99. The first-order chi connectivity index (χ1) is 12.3. The molecule has 3 heterocycles. The van der Waals surface area contributed by atoms with E-state index in [1.54, 1.807) is 0 Å². The van der Waals surface area contributed by atoms with Crippen molar-refractivity contribution in [3.63, 3.8) is 0 Å². The molecule has 0 aromatic carbocycles. The van der Waals surface area contributed by atoms with Gasteiger partial charge < -0.3 is 19.7 Å². The smallest absolute Gasteiger partial charge is 0.139 e. The Morgan fingerprint density at radius 2 is 2.04 bits per heavy atom. The summed E-state index contributed by atoms with van der Waals surface area (Å²) < 4.78 is 11.6. The van der Waals surface area contributed by atoms with Crippen molar-refractivity contribution in [1.82, 2.24) is 10.3 Å². The highest BCUT2D eigenvalue weighted by Gasteiger charge is 2.20. The highest BCUT2D eigenvalue weighted by molar-refractivity contribution is 5.48. The molecule has 1 N–H and O–H groups in total. The van der Waals surface area contributed by atoms with Gasteiger partial charge in [0.15, 0.2) is 0 Å². The molecule has 1 aromatic rings. The fraction of sp³-hybridized carbons (Fsp3) is 0.750. The molecule has 1 aromatic heterocycles. The summed E-state index contributed by atoms with van der Waals surface area (Å²) in [6.45, 7) is 8.12. The van der Waals surface area contributed by atoms with Crippen molar-refractivity contribution in [3.05, 3.63) is 18.5 Å². The molecule has 5 nitrogen and oxygen atoms in total. The lowest BCUT2D eigenvalue weighted by Crippen LogP contribution is -2.46. The quantitative estimate of drug-likeness (QED) is 0.658. The van der Waals surface area contributed by atoms with Crippen molar-refractivity contribution in [2.24, 2.45) is 5.92 Å². The van der Waals surface area contributed by atoms with Gasteiger partial charge >= 0.3 is 0 Å². The van der Waals surface area contributed by atoms with Crippen LogP contribution in [-0.2, 0) is 4.74 Å². The molecule has 0 amide bonds. The summed E-state index contributed by atoms with van der Waals surface area (Å²) in [5.74, 6) is 1.69. The fourth-order valence-electron chi connectivity index (χ4n) is 3.43. The van der Waals surface area contributed by atoms with Crippen molar-refractivity contribution >= 4 is 5.69 Å². The standard InChI is InChI=1S/C20H33N3O2/c1-2-3-11-24-12-7-17-5-9-23(10-6-17)19-13-20(15-21-14-19)25-16-18-4-8-22-18/h13-15,17-18,22H,2-12,16H2,1H3/t18-/m1/s1. The minimum absolute atomic E-state index is 0.513. The summed E-state index contributed by atoms with van der Waals surface area (Å²) in [6.07, 6.45) is 11.1. The lowest BCUT2D eigenvalue weighted by Gasteiger charge is -2.33. The van der Waals surface area contributed by atoms with Crippen molar-refractivity contribution in [1.29, 1.82) is 0 Å². The van der Waals surface area contributed by atoms with Crippen LogP contribution in [0.1, 0.15) is 45.4 Å². The topological polar surface area (TPSA) is 46.6 Å². The average molecular weight is 348 g/mol. The summed E-state index contributed by atoms with van der Waals surface area (Å²) in [6, 6.07) is 2.65. The van der Waals surface area contributed by atoms with Crippen molar-refractivity contribution < 1.29 is 9.47 Å². The average Bonchev–Trinajstić information content (AvgIpc) is 2.61. The van der Waals surface area contributed by atoms with E-state index in [0.29, 0.717) is 6.04 Å². The summed E-state index contributed by atoms with van der Waals surface area (Å²) in [7, 11) is 0. The summed E-state index contributed by atoms with van der Waals surface area (Å²) in [4.78, 5) is 6.81. The van der Waals surface area contributed by atoms with Gasteiger partial charge in [0.1, 0.15) is 12.4 Å². The first-order valence-corrected chi connectivity index (χ1v) is 9.99.